The van der Waals surface area contributed by atoms with Gasteiger partial charge in [0.15, 0.2) is 5.82 Å². The number of nitrogens with one attached hydrogen (secondary N) is 1. The topological polar surface area (TPSA) is 135 Å². The van der Waals surface area contributed by atoms with Crippen LogP contribution >= 0.6 is 0 Å². The maximum absolute atomic E-state index is 12.4. The summed E-state index contributed by atoms with van der Waals surface area (Å²) >= 11 is 0. The van der Waals surface area contributed by atoms with Gasteiger partial charge in [-0.25, -0.2) is 13.1 Å². The lowest BCUT2D eigenvalue weighted by Crippen LogP contribution is -2.37. The molecule has 0 aromatic carbocycles. The number of carbonyl (C=O) groups is 1. The summed E-state index contributed by atoms with van der Waals surface area (Å²) in [5.41, 5.74) is 0.461. The van der Waals surface area contributed by atoms with Crippen LogP contribution in [0.1, 0.15) is 96.2 Å². The molecule has 2 heterocycles. The molecule has 3 rings (SSSR count). The first-order valence-corrected chi connectivity index (χ1v) is 13.4. The number of hydrogen-bond acceptors (Lipinski definition) is 7. The zero-order valence-corrected chi connectivity index (χ0v) is 21.1. The van der Waals surface area contributed by atoms with E-state index in [1.54, 1.807) is 0 Å². The summed E-state index contributed by atoms with van der Waals surface area (Å²) in [6, 6.07) is 2.98. The van der Waals surface area contributed by atoms with Crippen LogP contribution < -0.4 is 4.72 Å². The summed E-state index contributed by atoms with van der Waals surface area (Å²) in [5.74, 6) is -0.928. The smallest absolute Gasteiger partial charge is 0.304 e. The minimum Gasteiger partial charge on any atom is -0.481 e. The fraction of sp³-hybridized carbons (Fsp3) is 0.667. The summed E-state index contributed by atoms with van der Waals surface area (Å²) < 4.78 is 32.5. The van der Waals surface area contributed by atoms with Crippen LogP contribution in [0.2, 0.25) is 0 Å². The van der Waals surface area contributed by atoms with Crippen LogP contribution in [0.25, 0.3) is 0 Å². The first-order chi connectivity index (χ1) is 16.0. The van der Waals surface area contributed by atoms with E-state index in [0.29, 0.717) is 6.42 Å². The molecule has 1 aliphatic rings. The molecule has 2 N–H and O–H groups in total. The second-order valence-electron chi connectivity index (χ2n) is 10.3. The van der Waals surface area contributed by atoms with Crippen LogP contribution in [-0.2, 0) is 21.4 Å². The summed E-state index contributed by atoms with van der Waals surface area (Å²) in [6.07, 6.45) is 11.4. The van der Waals surface area contributed by atoms with Crippen molar-refractivity contribution in [1.29, 1.82) is 0 Å². The Morgan fingerprint density at radius 3 is 2.62 bits per heavy atom. The van der Waals surface area contributed by atoms with Gasteiger partial charge in [-0.1, -0.05) is 51.6 Å². The van der Waals surface area contributed by atoms with E-state index in [0.717, 1.165) is 12.8 Å². The van der Waals surface area contributed by atoms with E-state index in [1.165, 1.54) is 56.6 Å². The van der Waals surface area contributed by atoms with Gasteiger partial charge in [0.1, 0.15) is 4.90 Å². The average Bonchev–Trinajstić information content (AvgIpc) is 3.26. The second kappa shape index (κ2) is 10.9. The fourth-order valence-corrected chi connectivity index (χ4v) is 6.01. The van der Waals surface area contributed by atoms with Crippen molar-refractivity contribution in [2.45, 2.75) is 95.9 Å². The van der Waals surface area contributed by atoms with Crippen molar-refractivity contribution in [2.24, 2.45) is 10.8 Å². The van der Waals surface area contributed by atoms with Crippen molar-refractivity contribution in [2.75, 3.05) is 0 Å². The van der Waals surface area contributed by atoms with Gasteiger partial charge in [0, 0.05) is 18.3 Å². The van der Waals surface area contributed by atoms with Gasteiger partial charge in [0.25, 0.3) is 0 Å². The number of hydrogen-bond donors (Lipinski definition) is 2. The van der Waals surface area contributed by atoms with E-state index < -0.39 is 21.9 Å². The third-order valence-corrected chi connectivity index (χ3v) is 8.62. The molecule has 0 aliphatic heterocycles. The third kappa shape index (κ3) is 6.63. The Kier molecular flexibility index (Phi) is 8.46. The normalized spacial score (nSPS) is 17.4. The molecule has 0 radical (unpaired) electrons. The first-order valence-electron chi connectivity index (χ1n) is 12.0. The zero-order chi connectivity index (χ0) is 24.8. The first kappa shape index (κ1) is 26.3. The fourth-order valence-electron chi connectivity index (χ4n) is 5.07. The second-order valence-corrected chi connectivity index (χ2v) is 12.1. The SMILES string of the molecule is CC(C)(C)C1(CCCC(CC(=O)O)c2nc(CNS(=O)(=O)c3cccnc3)no2)CCCCC1. The maximum Gasteiger partial charge on any atom is 0.304 e. The summed E-state index contributed by atoms with van der Waals surface area (Å²) in [7, 11) is -3.76. The lowest BCUT2D eigenvalue weighted by molar-refractivity contribution is -0.137. The standard InChI is InChI=1S/C24H36N4O5S/c1-23(2,3)24(11-5-4-6-12-24)13-7-9-18(15-21(29)30)22-27-20(28-33-22)17-26-34(31,32)19-10-8-14-25-16-19/h8,10,14,16,18,26H,4-7,9,11-13,15,17H2,1-3H3,(H,29,30). The predicted molar refractivity (Wildman–Crippen MR) is 126 cm³/mol. The monoisotopic (exact) mass is 492 g/mol. The highest BCUT2D eigenvalue weighted by molar-refractivity contribution is 7.89. The Balaban J connectivity index is 1.64. The van der Waals surface area contributed by atoms with Crippen LogP contribution in [0.5, 0.6) is 0 Å². The summed E-state index contributed by atoms with van der Waals surface area (Å²) in [6.45, 7) is 6.77. The minimum absolute atomic E-state index is 0.0398. The molecule has 9 nitrogen and oxygen atoms in total. The Bertz CT molecular complexity index is 1040. The number of sulfonamides is 1. The molecule has 1 unspecified atom stereocenters. The van der Waals surface area contributed by atoms with Crippen LogP contribution in [0.4, 0.5) is 0 Å². The maximum atomic E-state index is 12.4. The van der Waals surface area contributed by atoms with E-state index in [4.69, 9.17) is 4.52 Å². The largest absolute Gasteiger partial charge is 0.481 e. The number of carboxylic acids is 1. The van der Waals surface area contributed by atoms with E-state index >= 15 is 0 Å². The van der Waals surface area contributed by atoms with Gasteiger partial charge in [0.2, 0.25) is 15.9 Å². The van der Waals surface area contributed by atoms with Gasteiger partial charge in [0.05, 0.1) is 13.0 Å². The van der Waals surface area contributed by atoms with Crippen LogP contribution in [-0.4, -0.2) is 34.6 Å². The van der Waals surface area contributed by atoms with Gasteiger partial charge in [-0.3, -0.25) is 9.78 Å². The van der Waals surface area contributed by atoms with Gasteiger partial charge in [-0.15, -0.1) is 0 Å². The molecule has 188 valence electrons. The molecule has 0 amide bonds. The van der Waals surface area contributed by atoms with Crippen molar-refractivity contribution in [3.05, 3.63) is 36.2 Å². The Morgan fingerprint density at radius 1 is 1.26 bits per heavy atom. The summed E-state index contributed by atoms with van der Waals surface area (Å²) in [5, 5.41) is 13.3. The van der Waals surface area contributed by atoms with Gasteiger partial charge >= 0.3 is 5.97 Å². The molecule has 0 spiro atoms. The Labute approximate surface area is 201 Å². The number of aromatic nitrogens is 3. The van der Waals surface area contributed by atoms with Crippen molar-refractivity contribution in [1.82, 2.24) is 19.8 Å². The molecular formula is C24H36N4O5S. The van der Waals surface area contributed by atoms with Crippen molar-refractivity contribution in [3.8, 4) is 0 Å². The highest BCUT2D eigenvalue weighted by atomic mass is 32.2. The van der Waals surface area contributed by atoms with Crippen molar-refractivity contribution in [3.63, 3.8) is 0 Å². The Hall–Kier alpha value is -2.33. The van der Waals surface area contributed by atoms with Gasteiger partial charge < -0.3 is 9.63 Å². The van der Waals surface area contributed by atoms with Crippen molar-refractivity contribution >= 4 is 16.0 Å². The van der Waals surface area contributed by atoms with Crippen molar-refractivity contribution < 1.29 is 22.8 Å². The van der Waals surface area contributed by atoms with Gasteiger partial charge in [-0.2, -0.15) is 4.98 Å². The van der Waals surface area contributed by atoms with E-state index in [9.17, 15) is 18.3 Å². The lowest BCUT2D eigenvalue weighted by atomic mass is 9.57. The van der Waals surface area contributed by atoms with Crippen LogP contribution in [0.3, 0.4) is 0 Å². The molecule has 1 atom stereocenters. The number of nitrogens with zero attached hydrogens (tertiary/aromatic N) is 3. The quantitative estimate of drug-likeness (QED) is 0.462. The molecule has 1 fully saturated rings. The molecule has 0 bridgehead atoms. The Morgan fingerprint density at radius 2 is 2.00 bits per heavy atom. The van der Waals surface area contributed by atoms with E-state index in [-0.39, 0.29) is 40.4 Å². The molecule has 10 heteroatoms. The molecule has 34 heavy (non-hydrogen) atoms. The number of aliphatic carboxylic acids is 1. The lowest BCUT2D eigenvalue weighted by Gasteiger charge is -2.48. The summed E-state index contributed by atoms with van der Waals surface area (Å²) in [4.78, 5) is 19.7. The zero-order valence-electron chi connectivity index (χ0n) is 20.3. The van der Waals surface area contributed by atoms with E-state index in [2.05, 4.69) is 40.6 Å². The van der Waals surface area contributed by atoms with Gasteiger partial charge in [-0.05, 0) is 48.6 Å². The number of pyridine rings is 1. The molecule has 0 saturated heterocycles. The van der Waals surface area contributed by atoms with Crippen LogP contribution in [0.15, 0.2) is 33.9 Å². The molecule has 1 saturated carbocycles. The average molecular weight is 493 g/mol. The number of rotatable bonds is 11. The van der Waals surface area contributed by atoms with Crippen LogP contribution in [0, 0.1) is 10.8 Å². The van der Waals surface area contributed by atoms with E-state index in [1.807, 2.05) is 0 Å². The molecular weight excluding hydrogens is 456 g/mol. The molecule has 2 aromatic rings. The minimum atomic E-state index is -3.76. The highest BCUT2D eigenvalue weighted by Crippen LogP contribution is 2.53. The third-order valence-electron chi connectivity index (χ3n) is 7.23. The highest BCUT2D eigenvalue weighted by Gasteiger charge is 2.42. The number of carboxylic acid groups (broad SMARTS) is 1. The molecule has 1 aliphatic carbocycles. The molecule has 2 aromatic heterocycles. The predicted octanol–water partition coefficient (Wildman–Crippen LogP) is 4.67.